The highest BCUT2D eigenvalue weighted by molar-refractivity contribution is 5.79. The van der Waals surface area contributed by atoms with Crippen LogP contribution >= 0.6 is 0 Å². The molecule has 1 saturated heterocycles. The van der Waals surface area contributed by atoms with Crippen LogP contribution in [0.25, 0.3) is 0 Å². The second kappa shape index (κ2) is 12.5. The maximum absolute atomic E-state index is 12.5. The number of nitrogens with one attached hydrogen (secondary N) is 1. The van der Waals surface area contributed by atoms with E-state index in [9.17, 15) is 19.5 Å². The van der Waals surface area contributed by atoms with Crippen molar-refractivity contribution >= 4 is 17.7 Å². The van der Waals surface area contributed by atoms with E-state index in [0.717, 1.165) is 44.2 Å². The fraction of sp³-hybridized carbons (Fsp3) is 0.912. The number of Topliss-reactive ketones (excluding diaryl/α,β-unsaturated/α-hetero) is 1. The number of aliphatic carboxylic acids is 1. The highest BCUT2D eigenvalue weighted by Gasteiger charge is 2.60. The number of ether oxygens (including phenoxy) is 2. The van der Waals surface area contributed by atoms with Gasteiger partial charge in [-0.05, 0) is 125 Å². The minimum Gasteiger partial charge on any atom is -0.480 e. The van der Waals surface area contributed by atoms with Crippen LogP contribution in [0.15, 0.2) is 0 Å². The third-order valence-electron chi connectivity index (χ3n) is 12.7. The molecule has 5 fully saturated rings. The van der Waals surface area contributed by atoms with E-state index in [1.807, 2.05) is 25.7 Å². The minimum atomic E-state index is -0.826. The number of esters is 1. The van der Waals surface area contributed by atoms with Gasteiger partial charge in [-0.25, -0.2) is 0 Å². The number of morpholine rings is 1. The van der Waals surface area contributed by atoms with E-state index in [0.29, 0.717) is 48.6 Å². The van der Waals surface area contributed by atoms with E-state index < -0.39 is 17.6 Å². The van der Waals surface area contributed by atoms with E-state index in [2.05, 4.69) is 19.2 Å². The zero-order valence-corrected chi connectivity index (χ0v) is 26.8. The Labute approximate surface area is 253 Å². The topological polar surface area (TPSA) is 105 Å². The molecule has 5 rings (SSSR count). The summed E-state index contributed by atoms with van der Waals surface area (Å²) < 4.78 is 10.9. The van der Waals surface area contributed by atoms with Crippen LogP contribution in [0.1, 0.15) is 98.8 Å². The number of ketones is 1. The standard InChI is InChI=1S/C34H56N2O6/c1-22(37)26-8-9-27-25-7-6-24-18-23(10-12-33(24,4)28(25)11-13-34(26,27)5)19-29(31(39)40)35-32(2,3)21-42-30(38)20-36-14-16-41-17-15-36/h23-29,35H,6-21H2,1-5H3,(H,39,40)/t23-,24-,25-,26+,27-,28-,29?,33-,34+/m0/s1. The SMILES string of the molecule is CC(=O)[C@H]1CC[C@H]2[C@@H]3CC[C@H]4C[C@@H](CC(NC(C)(C)COC(=O)CN5CCOCC5)C(=O)O)CC[C@]4(C)[C@H]3CC[C@]12C. The molecular weight excluding hydrogens is 532 g/mol. The molecule has 238 valence electrons. The lowest BCUT2D eigenvalue weighted by Crippen LogP contribution is -2.55. The van der Waals surface area contributed by atoms with Crippen molar-refractivity contribution in [2.24, 2.45) is 46.3 Å². The molecule has 8 heteroatoms. The van der Waals surface area contributed by atoms with Crippen LogP contribution in [0.4, 0.5) is 0 Å². The molecule has 1 heterocycles. The number of carboxylic acids is 1. The second-order valence-electron chi connectivity index (χ2n) is 15.8. The number of fused-ring (bicyclic) bond motifs is 5. The maximum Gasteiger partial charge on any atom is 0.320 e. The molecule has 0 bridgehead atoms. The first kappa shape index (κ1) is 31.9. The van der Waals surface area contributed by atoms with Gasteiger partial charge in [0.05, 0.1) is 19.8 Å². The zero-order chi connectivity index (χ0) is 30.3. The lowest BCUT2D eigenvalue weighted by molar-refractivity contribution is -0.148. The van der Waals surface area contributed by atoms with Gasteiger partial charge in [-0.1, -0.05) is 13.8 Å². The Morgan fingerprint density at radius 1 is 1.00 bits per heavy atom. The summed E-state index contributed by atoms with van der Waals surface area (Å²) in [6.45, 7) is 13.7. The first-order valence-corrected chi connectivity index (χ1v) is 16.8. The van der Waals surface area contributed by atoms with Gasteiger partial charge < -0.3 is 14.6 Å². The van der Waals surface area contributed by atoms with E-state index in [4.69, 9.17) is 9.47 Å². The summed E-state index contributed by atoms with van der Waals surface area (Å²) in [6, 6.07) is -0.666. The summed E-state index contributed by atoms with van der Waals surface area (Å²) in [5.74, 6) is 2.74. The van der Waals surface area contributed by atoms with Crippen molar-refractivity contribution in [1.82, 2.24) is 10.2 Å². The Balaban J connectivity index is 1.15. The number of carbonyl (C=O) groups excluding carboxylic acids is 2. The van der Waals surface area contributed by atoms with Gasteiger partial charge in [0.1, 0.15) is 18.4 Å². The summed E-state index contributed by atoms with van der Waals surface area (Å²) in [7, 11) is 0. The molecule has 0 radical (unpaired) electrons. The number of hydrogen-bond donors (Lipinski definition) is 2. The first-order valence-electron chi connectivity index (χ1n) is 16.8. The molecule has 0 aromatic heterocycles. The van der Waals surface area contributed by atoms with E-state index in [1.165, 1.54) is 38.5 Å². The second-order valence-corrected chi connectivity index (χ2v) is 15.8. The van der Waals surface area contributed by atoms with Crippen molar-refractivity contribution in [2.75, 3.05) is 39.5 Å². The predicted octanol–water partition coefficient (Wildman–Crippen LogP) is 4.94. The lowest BCUT2D eigenvalue weighted by Gasteiger charge is -2.61. The summed E-state index contributed by atoms with van der Waals surface area (Å²) in [5.41, 5.74) is -0.120. The number of carboxylic acid groups (broad SMARTS) is 1. The number of rotatable bonds is 10. The van der Waals surface area contributed by atoms with Gasteiger partial charge in [0.25, 0.3) is 0 Å². The fourth-order valence-corrected chi connectivity index (χ4v) is 10.5. The number of hydrogen-bond acceptors (Lipinski definition) is 7. The lowest BCUT2D eigenvalue weighted by atomic mass is 9.44. The molecule has 4 aliphatic carbocycles. The molecule has 8 nitrogen and oxygen atoms in total. The van der Waals surface area contributed by atoms with Gasteiger partial charge in [-0.2, -0.15) is 0 Å². The van der Waals surface area contributed by atoms with Crippen molar-refractivity contribution in [1.29, 1.82) is 0 Å². The molecule has 9 atom stereocenters. The third kappa shape index (κ3) is 6.46. The molecule has 0 spiro atoms. The summed E-state index contributed by atoms with van der Waals surface area (Å²) in [4.78, 5) is 39.3. The van der Waals surface area contributed by atoms with E-state index >= 15 is 0 Å². The minimum absolute atomic E-state index is 0.138. The van der Waals surface area contributed by atoms with Gasteiger partial charge in [0, 0.05) is 24.5 Å². The molecule has 0 aromatic rings. The highest BCUT2D eigenvalue weighted by Crippen LogP contribution is 2.68. The highest BCUT2D eigenvalue weighted by atomic mass is 16.5. The Morgan fingerprint density at radius 3 is 2.38 bits per heavy atom. The monoisotopic (exact) mass is 588 g/mol. The summed E-state index contributed by atoms with van der Waals surface area (Å²) in [5, 5.41) is 13.5. The van der Waals surface area contributed by atoms with Crippen LogP contribution < -0.4 is 5.32 Å². The Hall–Kier alpha value is -1.51. The molecule has 0 aromatic carbocycles. The van der Waals surface area contributed by atoms with E-state index in [1.54, 1.807) is 0 Å². The quantitative estimate of drug-likeness (QED) is 0.346. The van der Waals surface area contributed by atoms with Crippen LogP contribution in [0.3, 0.4) is 0 Å². The van der Waals surface area contributed by atoms with Crippen LogP contribution in [0.5, 0.6) is 0 Å². The van der Waals surface area contributed by atoms with Crippen LogP contribution in [-0.4, -0.2) is 78.8 Å². The molecule has 42 heavy (non-hydrogen) atoms. The smallest absolute Gasteiger partial charge is 0.320 e. The summed E-state index contributed by atoms with van der Waals surface area (Å²) in [6.07, 6.45) is 11.2. The van der Waals surface area contributed by atoms with Crippen molar-refractivity contribution in [3.8, 4) is 0 Å². The van der Waals surface area contributed by atoms with Gasteiger partial charge in [0.2, 0.25) is 0 Å². The molecule has 2 N–H and O–H groups in total. The van der Waals surface area contributed by atoms with Crippen LogP contribution in [0, 0.1) is 46.3 Å². The van der Waals surface area contributed by atoms with E-state index in [-0.39, 0.29) is 30.5 Å². The zero-order valence-electron chi connectivity index (χ0n) is 26.8. The summed E-state index contributed by atoms with van der Waals surface area (Å²) >= 11 is 0. The van der Waals surface area contributed by atoms with Gasteiger partial charge in [0.15, 0.2) is 0 Å². The molecule has 5 aliphatic rings. The molecular formula is C34H56N2O6. The number of nitrogens with zero attached hydrogens (tertiary/aromatic N) is 1. The first-order chi connectivity index (χ1) is 19.8. The average Bonchev–Trinajstić information content (AvgIpc) is 3.30. The average molecular weight is 589 g/mol. The van der Waals surface area contributed by atoms with Gasteiger partial charge in [-0.3, -0.25) is 24.6 Å². The maximum atomic E-state index is 12.5. The Morgan fingerprint density at radius 2 is 1.69 bits per heavy atom. The molecule has 4 saturated carbocycles. The van der Waals surface area contributed by atoms with Gasteiger partial charge >= 0.3 is 11.9 Å². The number of carbonyl (C=O) groups is 3. The Bertz CT molecular complexity index is 1010. The Kier molecular flexibility index (Phi) is 9.47. The van der Waals surface area contributed by atoms with Crippen molar-refractivity contribution < 1.29 is 29.0 Å². The largest absolute Gasteiger partial charge is 0.480 e. The van der Waals surface area contributed by atoms with Crippen LogP contribution in [0.2, 0.25) is 0 Å². The predicted molar refractivity (Wildman–Crippen MR) is 161 cm³/mol. The van der Waals surface area contributed by atoms with Crippen molar-refractivity contribution in [3.05, 3.63) is 0 Å². The van der Waals surface area contributed by atoms with Crippen LogP contribution in [-0.2, 0) is 23.9 Å². The third-order valence-corrected chi connectivity index (χ3v) is 12.7. The molecule has 1 unspecified atom stereocenters. The van der Waals surface area contributed by atoms with Gasteiger partial charge in [-0.15, -0.1) is 0 Å². The molecule has 0 amide bonds. The normalized spacial score (nSPS) is 39.5. The van der Waals surface area contributed by atoms with Crippen molar-refractivity contribution in [2.45, 2.75) is 110 Å². The molecule has 1 aliphatic heterocycles. The van der Waals surface area contributed by atoms with Crippen molar-refractivity contribution in [3.63, 3.8) is 0 Å². The fourth-order valence-electron chi connectivity index (χ4n) is 10.5.